The van der Waals surface area contributed by atoms with Crippen LogP contribution in [-0.4, -0.2) is 72.1 Å². The van der Waals surface area contributed by atoms with Crippen LogP contribution in [0.4, 0.5) is 13.2 Å². The molecule has 0 fully saturated rings. The molecule has 0 aromatic carbocycles. The van der Waals surface area contributed by atoms with Crippen molar-refractivity contribution in [2.45, 2.75) is 6.36 Å². The van der Waals surface area contributed by atoms with Gasteiger partial charge in [0.1, 0.15) is 7.85 Å². The summed E-state index contributed by atoms with van der Waals surface area (Å²) in [6, 6.07) is 0. The van der Waals surface area contributed by atoms with Gasteiger partial charge in [-0.3, -0.25) is 0 Å². The van der Waals surface area contributed by atoms with Crippen molar-refractivity contribution in [3.8, 4) is 0 Å². The van der Waals surface area contributed by atoms with Crippen molar-refractivity contribution in [1.82, 2.24) is 0 Å². The Morgan fingerprint density at radius 3 is 1.75 bits per heavy atom. The SMILES string of the molecule is [B]COC(F)(F)F.[K]. The molecular weight excluding hydrogens is 147 g/mol. The quantitative estimate of drug-likeness (QED) is 0.486. The molecule has 0 aliphatic carbocycles. The third-order valence-electron chi connectivity index (χ3n) is 0.247. The van der Waals surface area contributed by atoms with Crippen LogP contribution in [0.5, 0.6) is 0 Å². The summed E-state index contributed by atoms with van der Waals surface area (Å²) >= 11 is 0. The van der Waals surface area contributed by atoms with Crippen molar-refractivity contribution in [3.05, 3.63) is 0 Å². The molecule has 41 valence electrons. The molecule has 0 aliphatic heterocycles. The van der Waals surface area contributed by atoms with Gasteiger partial charge in [0.25, 0.3) is 0 Å². The van der Waals surface area contributed by atoms with Crippen LogP contribution in [0.1, 0.15) is 0 Å². The first kappa shape index (κ1) is 12.2. The molecule has 0 rings (SSSR count). The van der Waals surface area contributed by atoms with Crippen LogP contribution in [0.2, 0.25) is 0 Å². The Morgan fingerprint density at radius 1 is 1.38 bits per heavy atom. The van der Waals surface area contributed by atoms with Crippen LogP contribution in [0.25, 0.3) is 0 Å². The Bertz CT molecular complexity index is 55.7. The van der Waals surface area contributed by atoms with Gasteiger partial charge in [-0.1, -0.05) is 0 Å². The topological polar surface area (TPSA) is 9.23 Å². The molecule has 0 N–H and O–H groups in total. The first-order valence-electron chi connectivity index (χ1n) is 1.47. The van der Waals surface area contributed by atoms with Gasteiger partial charge < -0.3 is 4.74 Å². The monoisotopic (exact) mass is 149 g/mol. The van der Waals surface area contributed by atoms with Gasteiger partial charge in [-0.05, 0) is 0 Å². The second-order valence-electron chi connectivity index (χ2n) is 0.757. The molecule has 3 radical (unpaired) electrons. The molecular formula is C2H2BF3KO. The van der Waals surface area contributed by atoms with Crippen LogP contribution in [0, 0.1) is 0 Å². The van der Waals surface area contributed by atoms with E-state index >= 15 is 0 Å². The van der Waals surface area contributed by atoms with Crippen LogP contribution in [-0.2, 0) is 4.74 Å². The second kappa shape index (κ2) is 5.25. The van der Waals surface area contributed by atoms with Crippen molar-refractivity contribution < 1.29 is 17.9 Å². The van der Waals surface area contributed by atoms with Crippen molar-refractivity contribution in [3.63, 3.8) is 0 Å². The standard InChI is InChI=1S/C2H2BF3O.K/c3-1-7-2(4,5)6;/h1H2;. The predicted octanol–water partition coefficient (Wildman–Crippen LogP) is 0.268. The van der Waals surface area contributed by atoms with Crippen molar-refractivity contribution in [2.75, 3.05) is 6.51 Å². The molecule has 1 nitrogen and oxygen atoms in total. The molecule has 0 saturated carbocycles. The minimum Gasteiger partial charge on any atom is -0.302 e. The summed E-state index contributed by atoms with van der Waals surface area (Å²) in [5.74, 6) is 0. The molecule has 6 heteroatoms. The molecule has 0 spiro atoms. The Labute approximate surface area is 88.8 Å². The number of rotatable bonds is 1. The molecule has 0 aliphatic rings. The summed E-state index contributed by atoms with van der Waals surface area (Å²) in [7, 11) is 4.37. The Hall–Kier alpha value is 1.45. The molecule has 0 aromatic heterocycles. The molecule has 0 unspecified atom stereocenters. The van der Waals surface area contributed by atoms with E-state index in [0.717, 1.165) is 0 Å². The summed E-state index contributed by atoms with van der Waals surface area (Å²) in [4.78, 5) is 0. The minimum atomic E-state index is -4.57. The van der Waals surface area contributed by atoms with E-state index in [1.807, 2.05) is 0 Å². The average Bonchev–Trinajstić information content (AvgIpc) is 1.30. The van der Waals surface area contributed by atoms with Gasteiger partial charge in [-0.25, -0.2) is 0 Å². The van der Waals surface area contributed by atoms with E-state index in [-0.39, 0.29) is 51.4 Å². The van der Waals surface area contributed by atoms with Crippen molar-refractivity contribution in [2.24, 2.45) is 0 Å². The van der Waals surface area contributed by atoms with E-state index in [0.29, 0.717) is 0 Å². The summed E-state index contributed by atoms with van der Waals surface area (Å²) in [5, 5.41) is 0. The second-order valence-corrected chi connectivity index (χ2v) is 0.757. The summed E-state index contributed by atoms with van der Waals surface area (Å²) < 4.78 is 35.3. The average molecular weight is 149 g/mol. The van der Waals surface area contributed by atoms with Crippen molar-refractivity contribution >= 4 is 59.2 Å². The van der Waals surface area contributed by atoms with Crippen LogP contribution >= 0.6 is 0 Å². The van der Waals surface area contributed by atoms with E-state index in [9.17, 15) is 13.2 Å². The zero-order valence-electron chi connectivity index (χ0n) is 4.33. The fourth-order valence-electron chi connectivity index (χ4n) is 0.0945. The molecule has 0 atom stereocenters. The Morgan fingerprint density at radius 2 is 1.75 bits per heavy atom. The van der Waals surface area contributed by atoms with Gasteiger partial charge in [-0.15, -0.1) is 13.2 Å². The third-order valence-corrected chi connectivity index (χ3v) is 0.247. The smallest absolute Gasteiger partial charge is 0.302 e. The largest absolute Gasteiger partial charge is 0.521 e. The first-order chi connectivity index (χ1) is 3.06. The van der Waals surface area contributed by atoms with Crippen LogP contribution in [0.15, 0.2) is 0 Å². The van der Waals surface area contributed by atoms with Gasteiger partial charge in [-0.2, -0.15) is 0 Å². The zero-order chi connectivity index (χ0) is 5.91. The fourth-order valence-corrected chi connectivity index (χ4v) is 0.0945. The summed E-state index contributed by atoms with van der Waals surface area (Å²) in [6.45, 7) is -0.816. The molecule has 0 aromatic rings. The maximum Gasteiger partial charge on any atom is 0.521 e. The van der Waals surface area contributed by atoms with Gasteiger partial charge in [0, 0.05) is 57.9 Å². The summed E-state index contributed by atoms with van der Waals surface area (Å²) in [6.07, 6.45) is -4.57. The Balaban J connectivity index is 0. The number of alkyl halides is 3. The van der Waals surface area contributed by atoms with Gasteiger partial charge in [0.15, 0.2) is 0 Å². The van der Waals surface area contributed by atoms with E-state index in [4.69, 9.17) is 0 Å². The molecule has 0 bridgehead atoms. The van der Waals surface area contributed by atoms with Crippen LogP contribution in [0.3, 0.4) is 0 Å². The molecule has 0 saturated heterocycles. The van der Waals surface area contributed by atoms with E-state index in [1.54, 1.807) is 0 Å². The normalized spacial score (nSPS) is 10.4. The maximum absolute atomic E-state index is 10.8. The predicted molar refractivity (Wildman–Crippen MR) is 23.5 cm³/mol. The number of hydrogen-bond donors (Lipinski definition) is 0. The zero-order valence-corrected chi connectivity index (χ0v) is 7.45. The van der Waals surface area contributed by atoms with Crippen LogP contribution < -0.4 is 0 Å². The van der Waals surface area contributed by atoms with Gasteiger partial charge in [0.05, 0.1) is 0 Å². The van der Waals surface area contributed by atoms with Gasteiger partial charge in [0.2, 0.25) is 0 Å². The molecule has 8 heavy (non-hydrogen) atoms. The summed E-state index contributed by atoms with van der Waals surface area (Å²) in [5.41, 5.74) is 0. The Kier molecular flexibility index (Phi) is 7.98. The van der Waals surface area contributed by atoms with E-state index in [2.05, 4.69) is 12.6 Å². The minimum absolute atomic E-state index is 0. The molecule has 0 amide bonds. The number of ether oxygens (including phenoxy) is 1. The molecule has 0 heterocycles. The third kappa shape index (κ3) is 10.4. The number of hydrogen-bond acceptors (Lipinski definition) is 1. The van der Waals surface area contributed by atoms with E-state index < -0.39 is 12.9 Å². The first-order valence-corrected chi connectivity index (χ1v) is 1.47. The van der Waals surface area contributed by atoms with E-state index in [1.165, 1.54) is 0 Å². The van der Waals surface area contributed by atoms with Crippen molar-refractivity contribution in [1.29, 1.82) is 0 Å². The number of halogens is 3. The van der Waals surface area contributed by atoms with Gasteiger partial charge >= 0.3 is 6.36 Å². The fraction of sp³-hybridized carbons (Fsp3) is 1.00. The maximum atomic E-state index is 10.8.